The van der Waals surface area contributed by atoms with E-state index in [1.807, 2.05) is 12.3 Å². The number of piperidine rings is 1. The number of hydrogen-bond donors (Lipinski definition) is 1. The quantitative estimate of drug-likeness (QED) is 0.838. The Morgan fingerprint density at radius 1 is 1.52 bits per heavy atom. The van der Waals surface area contributed by atoms with Gasteiger partial charge in [-0.15, -0.1) is 0 Å². The molecule has 2 atom stereocenters. The van der Waals surface area contributed by atoms with Crippen molar-refractivity contribution in [2.24, 2.45) is 5.92 Å². The van der Waals surface area contributed by atoms with Gasteiger partial charge in [0.15, 0.2) is 0 Å². The van der Waals surface area contributed by atoms with Crippen LogP contribution in [0.25, 0.3) is 0 Å². The third kappa shape index (κ3) is 4.42. The summed E-state index contributed by atoms with van der Waals surface area (Å²) in [5, 5.41) is 3.57. The minimum atomic E-state index is 0.344. The molecular weight excluding hydrogens is 262 g/mol. The molecule has 0 aromatic carbocycles. The molecule has 0 spiro atoms. The molecule has 1 aromatic rings. The van der Waals surface area contributed by atoms with E-state index >= 15 is 0 Å². The van der Waals surface area contributed by atoms with Crippen LogP contribution >= 0.6 is 0 Å². The van der Waals surface area contributed by atoms with E-state index < -0.39 is 0 Å². The molecule has 0 aliphatic carbocycles. The van der Waals surface area contributed by atoms with Crippen molar-refractivity contribution in [2.45, 2.75) is 39.2 Å². The van der Waals surface area contributed by atoms with Gasteiger partial charge in [0.05, 0.1) is 6.61 Å². The van der Waals surface area contributed by atoms with Crippen molar-refractivity contribution in [1.29, 1.82) is 0 Å². The van der Waals surface area contributed by atoms with Crippen LogP contribution in [0.4, 0.5) is 5.82 Å². The molecule has 1 saturated heterocycles. The van der Waals surface area contributed by atoms with Crippen molar-refractivity contribution >= 4 is 5.82 Å². The van der Waals surface area contributed by atoms with Gasteiger partial charge in [0, 0.05) is 38.0 Å². The third-order valence-electron chi connectivity index (χ3n) is 4.20. The molecule has 0 bridgehead atoms. The van der Waals surface area contributed by atoms with E-state index in [0.29, 0.717) is 12.0 Å². The number of rotatable bonds is 7. The van der Waals surface area contributed by atoms with Crippen LogP contribution in [-0.2, 0) is 4.74 Å². The number of pyridine rings is 1. The van der Waals surface area contributed by atoms with Gasteiger partial charge in [-0.2, -0.15) is 0 Å². The zero-order chi connectivity index (χ0) is 15.1. The fourth-order valence-corrected chi connectivity index (χ4v) is 3.11. The van der Waals surface area contributed by atoms with E-state index in [1.165, 1.54) is 18.4 Å². The minimum absolute atomic E-state index is 0.344. The summed E-state index contributed by atoms with van der Waals surface area (Å²) < 4.78 is 5.34. The largest absolute Gasteiger partial charge is 0.384 e. The van der Waals surface area contributed by atoms with Crippen LogP contribution in [0.15, 0.2) is 18.3 Å². The van der Waals surface area contributed by atoms with Crippen molar-refractivity contribution in [1.82, 2.24) is 10.3 Å². The van der Waals surface area contributed by atoms with Crippen molar-refractivity contribution < 1.29 is 4.74 Å². The fraction of sp³-hybridized carbons (Fsp3) is 0.706. The molecule has 2 rings (SSSR count). The van der Waals surface area contributed by atoms with Gasteiger partial charge in [0.25, 0.3) is 0 Å². The van der Waals surface area contributed by atoms with Crippen LogP contribution in [0.5, 0.6) is 0 Å². The summed E-state index contributed by atoms with van der Waals surface area (Å²) in [6.07, 6.45) is 5.54. The summed E-state index contributed by atoms with van der Waals surface area (Å²) in [4.78, 5) is 7.11. The molecule has 118 valence electrons. The van der Waals surface area contributed by atoms with Crippen molar-refractivity contribution in [2.75, 3.05) is 38.3 Å². The molecule has 1 aliphatic rings. The molecule has 21 heavy (non-hydrogen) atoms. The zero-order valence-electron chi connectivity index (χ0n) is 13.6. The number of ether oxygens (including phenoxy) is 1. The highest BCUT2D eigenvalue weighted by Gasteiger charge is 2.23. The van der Waals surface area contributed by atoms with Gasteiger partial charge in [-0.05, 0) is 44.7 Å². The van der Waals surface area contributed by atoms with Gasteiger partial charge in [-0.1, -0.05) is 13.0 Å². The lowest BCUT2D eigenvalue weighted by molar-refractivity contribution is 0.143. The monoisotopic (exact) mass is 291 g/mol. The summed E-state index contributed by atoms with van der Waals surface area (Å²) in [5.41, 5.74) is 1.31. The number of methoxy groups -OCH3 is 1. The Hall–Kier alpha value is -1.13. The first-order valence-electron chi connectivity index (χ1n) is 8.18. The lowest BCUT2D eigenvalue weighted by Crippen LogP contribution is -2.38. The van der Waals surface area contributed by atoms with Crippen LogP contribution in [0.3, 0.4) is 0 Å². The molecule has 0 amide bonds. The lowest BCUT2D eigenvalue weighted by Gasteiger charge is -2.35. The molecule has 1 aliphatic heterocycles. The molecule has 1 fully saturated rings. The lowest BCUT2D eigenvalue weighted by atomic mass is 9.98. The smallest absolute Gasteiger partial charge is 0.133 e. The summed E-state index contributed by atoms with van der Waals surface area (Å²) in [7, 11) is 1.79. The standard InChI is InChI=1S/C17H29N3O/c1-4-9-18-14(2)16-8-5-10-19-17(16)20-11-6-7-15(12-20)13-21-3/h5,8,10,14-15,18H,4,6-7,9,11-13H2,1-3H3. The maximum Gasteiger partial charge on any atom is 0.133 e. The number of hydrogen-bond acceptors (Lipinski definition) is 4. The molecule has 2 heterocycles. The molecule has 2 unspecified atom stereocenters. The van der Waals surface area contributed by atoms with Gasteiger partial charge in [-0.25, -0.2) is 4.98 Å². The van der Waals surface area contributed by atoms with E-state index in [9.17, 15) is 0 Å². The van der Waals surface area contributed by atoms with Gasteiger partial charge >= 0.3 is 0 Å². The van der Waals surface area contributed by atoms with E-state index in [0.717, 1.165) is 38.5 Å². The Labute approximate surface area is 128 Å². The topological polar surface area (TPSA) is 37.4 Å². The molecule has 1 N–H and O–H groups in total. The number of aromatic nitrogens is 1. The first-order valence-corrected chi connectivity index (χ1v) is 8.18. The second-order valence-corrected chi connectivity index (χ2v) is 6.00. The summed E-state index contributed by atoms with van der Waals surface area (Å²) >= 11 is 0. The third-order valence-corrected chi connectivity index (χ3v) is 4.20. The Morgan fingerprint density at radius 2 is 2.38 bits per heavy atom. The number of anilines is 1. The summed E-state index contributed by atoms with van der Waals surface area (Å²) in [5.74, 6) is 1.77. The van der Waals surface area contributed by atoms with Crippen LogP contribution in [-0.4, -0.2) is 38.3 Å². The molecule has 4 heteroatoms. The van der Waals surface area contributed by atoms with Gasteiger partial charge in [-0.3, -0.25) is 0 Å². The maximum atomic E-state index is 5.34. The van der Waals surface area contributed by atoms with E-state index in [4.69, 9.17) is 4.74 Å². The van der Waals surface area contributed by atoms with Crippen molar-refractivity contribution in [3.63, 3.8) is 0 Å². The van der Waals surface area contributed by atoms with E-state index in [-0.39, 0.29) is 0 Å². The molecule has 0 radical (unpaired) electrons. The normalized spacial score (nSPS) is 20.5. The Morgan fingerprint density at radius 3 is 3.14 bits per heavy atom. The molecular formula is C17H29N3O. The van der Waals surface area contributed by atoms with Crippen LogP contribution in [0.1, 0.15) is 44.7 Å². The second-order valence-electron chi connectivity index (χ2n) is 6.00. The summed E-state index contributed by atoms with van der Waals surface area (Å²) in [6.45, 7) is 8.48. The van der Waals surface area contributed by atoms with E-state index in [1.54, 1.807) is 7.11 Å². The fourth-order valence-electron chi connectivity index (χ4n) is 3.11. The Bertz CT molecular complexity index is 422. The first-order chi connectivity index (χ1) is 10.3. The van der Waals surface area contributed by atoms with Gasteiger partial charge in [0.1, 0.15) is 5.82 Å². The highest BCUT2D eigenvalue weighted by Crippen LogP contribution is 2.28. The predicted molar refractivity (Wildman–Crippen MR) is 87.8 cm³/mol. The maximum absolute atomic E-state index is 5.34. The van der Waals surface area contributed by atoms with Gasteiger partial charge in [0.2, 0.25) is 0 Å². The number of nitrogens with one attached hydrogen (secondary N) is 1. The predicted octanol–water partition coefficient (Wildman–Crippen LogP) is 3.01. The molecule has 1 aromatic heterocycles. The molecule has 4 nitrogen and oxygen atoms in total. The Kier molecular flexibility index (Phi) is 6.46. The summed E-state index contributed by atoms with van der Waals surface area (Å²) in [6, 6.07) is 4.59. The van der Waals surface area contributed by atoms with Crippen molar-refractivity contribution in [3.05, 3.63) is 23.9 Å². The molecule has 0 saturated carbocycles. The minimum Gasteiger partial charge on any atom is -0.384 e. The highest BCUT2D eigenvalue weighted by molar-refractivity contribution is 5.48. The zero-order valence-corrected chi connectivity index (χ0v) is 13.6. The average molecular weight is 291 g/mol. The van der Waals surface area contributed by atoms with E-state index in [2.05, 4.69) is 35.1 Å². The highest BCUT2D eigenvalue weighted by atomic mass is 16.5. The van der Waals surface area contributed by atoms with Crippen LogP contribution < -0.4 is 10.2 Å². The van der Waals surface area contributed by atoms with Crippen molar-refractivity contribution in [3.8, 4) is 0 Å². The Balaban J connectivity index is 2.11. The first kappa shape index (κ1) is 16.2. The van der Waals surface area contributed by atoms with Gasteiger partial charge < -0.3 is 15.0 Å². The second kappa shape index (κ2) is 8.35. The van der Waals surface area contributed by atoms with Crippen LogP contribution in [0, 0.1) is 5.92 Å². The van der Waals surface area contributed by atoms with Crippen LogP contribution in [0.2, 0.25) is 0 Å². The average Bonchev–Trinajstić information content (AvgIpc) is 2.53. The SMILES string of the molecule is CCCNC(C)c1cccnc1N1CCCC(COC)C1. The number of nitrogens with zero attached hydrogens (tertiary/aromatic N) is 2.